The van der Waals surface area contributed by atoms with E-state index in [0.29, 0.717) is 18.6 Å². The van der Waals surface area contributed by atoms with Gasteiger partial charge in [-0.25, -0.2) is 0 Å². The Hall–Kier alpha value is -0.570. The number of nitrogens with zero attached hydrogens (tertiary/aromatic N) is 1. The van der Waals surface area contributed by atoms with E-state index in [1.165, 1.54) is 32.1 Å². The summed E-state index contributed by atoms with van der Waals surface area (Å²) in [7, 11) is 1.97. The van der Waals surface area contributed by atoms with Crippen molar-refractivity contribution in [2.75, 3.05) is 13.6 Å². The first kappa shape index (κ1) is 15.5. The van der Waals surface area contributed by atoms with Gasteiger partial charge in [-0.3, -0.25) is 4.79 Å². The van der Waals surface area contributed by atoms with Crippen LogP contribution in [-0.4, -0.2) is 36.5 Å². The summed E-state index contributed by atoms with van der Waals surface area (Å²) >= 11 is 0. The van der Waals surface area contributed by atoms with Gasteiger partial charge in [0.1, 0.15) is 0 Å². The molecule has 3 nitrogen and oxygen atoms in total. The molecule has 1 fully saturated rings. The van der Waals surface area contributed by atoms with Gasteiger partial charge in [0.25, 0.3) is 0 Å². The summed E-state index contributed by atoms with van der Waals surface area (Å²) in [5.74, 6) is 1.14. The lowest BCUT2D eigenvalue weighted by molar-refractivity contribution is -0.131. The molecule has 1 unspecified atom stereocenters. The fourth-order valence-corrected chi connectivity index (χ4v) is 2.67. The van der Waals surface area contributed by atoms with Crippen molar-refractivity contribution in [2.24, 2.45) is 5.92 Å². The van der Waals surface area contributed by atoms with Crippen molar-refractivity contribution in [1.82, 2.24) is 10.2 Å². The SMILES string of the molecule is CCC1CCC(N(C)C(=O)CNC(C)CC)CC1. The average molecular weight is 254 g/mol. The highest BCUT2D eigenvalue weighted by Gasteiger charge is 2.25. The third-order valence-electron chi connectivity index (χ3n) is 4.55. The Bertz CT molecular complexity index is 247. The summed E-state index contributed by atoms with van der Waals surface area (Å²) in [5.41, 5.74) is 0. The van der Waals surface area contributed by atoms with Crippen LogP contribution in [0.5, 0.6) is 0 Å². The van der Waals surface area contributed by atoms with Gasteiger partial charge in [-0.05, 0) is 44.9 Å². The molecule has 0 radical (unpaired) electrons. The van der Waals surface area contributed by atoms with Gasteiger partial charge in [0, 0.05) is 19.1 Å². The zero-order chi connectivity index (χ0) is 13.5. The van der Waals surface area contributed by atoms with E-state index >= 15 is 0 Å². The largest absolute Gasteiger partial charge is 0.342 e. The van der Waals surface area contributed by atoms with E-state index in [2.05, 4.69) is 26.1 Å². The molecule has 106 valence electrons. The molecule has 1 amide bonds. The van der Waals surface area contributed by atoms with E-state index in [-0.39, 0.29) is 5.91 Å². The van der Waals surface area contributed by atoms with Crippen molar-refractivity contribution in [1.29, 1.82) is 0 Å². The van der Waals surface area contributed by atoms with E-state index < -0.39 is 0 Å². The molecular weight excluding hydrogens is 224 g/mol. The lowest BCUT2D eigenvalue weighted by Crippen LogP contribution is -2.44. The predicted molar refractivity (Wildman–Crippen MR) is 76.6 cm³/mol. The van der Waals surface area contributed by atoms with Gasteiger partial charge in [-0.1, -0.05) is 20.3 Å². The minimum atomic E-state index is 0.246. The highest BCUT2D eigenvalue weighted by atomic mass is 16.2. The van der Waals surface area contributed by atoms with E-state index in [0.717, 1.165) is 12.3 Å². The van der Waals surface area contributed by atoms with Crippen LogP contribution < -0.4 is 5.32 Å². The number of likely N-dealkylation sites (N-methyl/N-ethyl adjacent to an activating group) is 1. The number of rotatable bonds is 6. The first-order valence-electron chi connectivity index (χ1n) is 7.57. The minimum Gasteiger partial charge on any atom is -0.342 e. The van der Waals surface area contributed by atoms with Crippen molar-refractivity contribution in [3.05, 3.63) is 0 Å². The molecule has 0 aromatic carbocycles. The zero-order valence-electron chi connectivity index (χ0n) is 12.5. The van der Waals surface area contributed by atoms with Crippen LogP contribution in [0.25, 0.3) is 0 Å². The molecule has 0 bridgehead atoms. The van der Waals surface area contributed by atoms with Crippen LogP contribution in [0, 0.1) is 5.92 Å². The molecule has 0 aromatic heterocycles. The van der Waals surface area contributed by atoms with E-state index in [4.69, 9.17) is 0 Å². The van der Waals surface area contributed by atoms with Gasteiger partial charge < -0.3 is 10.2 Å². The Morgan fingerprint density at radius 1 is 1.28 bits per heavy atom. The zero-order valence-corrected chi connectivity index (χ0v) is 12.5. The van der Waals surface area contributed by atoms with Crippen molar-refractivity contribution >= 4 is 5.91 Å². The standard InChI is InChI=1S/C15H30N2O/c1-5-12(3)16-11-15(18)17(4)14-9-7-13(6-2)8-10-14/h12-14,16H,5-11H2,1-4H3. The molecule has 0 heterocycles. The Morgan fingerprint density at radius 2 is 1.89 bits per heavy atom. The van der Waals surface area contributed by atoms with Crippen LogP contribution in [0.2, 0.25) is 0 Å². The van der Waals surface area contributed by atoms with E-state index in [1.54, 1.807) is 0 Å². The summed E-state index contributed by atoms with van der Waals surface area (Å²) in [6.07, 6.45) is 7.31. The van der Waals surface area contributed by atoms with Gasteiger partial charge in [0.2, 0.25) is 5.91 Å². The Kier molecular flexibility index (Phi) is 6.69. The number of amides is 1. The second kappa shape index (κ2) is 7.78. The number of carbonyl (C=O) groups excluding carboxylic acids is 1. The second-order valence-corrected chi connectivity index (χ2v) is 5.78. The predicted octanol–water partition coefficient (Wildman–Crippen LogP) is 2.80. The van der Waals surface area contributed by atoms with Gasteiger partial charge in [-0.2, -0.15) is 0 Å². The minimum absolute atomic E-state index is 0.246. The third kappa shape index (κ3) is 4.60. The van der Waals surface area contributed by atoms with Crippen LogP contribution in [-0.2, 0) is 4.79 Å². The van der Waals surface area contributed by atoms with Crippen molar-refractivity contribution in [3.8, 4) is 0 Å². The average Bonchev–Trinajstić information content (AvgIpc) is 2.43. The normalized spacial score (nSPS) is 25.8. The molecule has 1 aliphatic carbocycles. The number of hydrogen-bond donors (Lipinski definition) is 1. The highest BCUT2D eigenvalue weighted by Crippen LogP contribution is 2.28. The highest BCUT2D eigenvalue weighted by molar-refractivity contribution is 5.78. The maximum Gasteiger partial charge on any atom is 0.236 e. The van der Waals surface area contributed by atoms with E-state index in [1.807, 2.05) is 11.9 Å². The van der Waals surface area contributed by atoms with Gasteiger partial charge in [-0.15, -0.1) is 0 Å². The quantitative estimate of drug-likeness (QED) is 0.790. The maximum absolute atomic E-state index is 12.1. The summed E-state index contributed by atoms with van der Waals surface area (Å²) in [4.78, 5) is 14.1. The molecule has 0 spiro atoms. The molecule has 0 aliphatic heterocycles. The molecule has 18 heavy (non-hydrogen) atoms. The van der Waals surface area contributed by atoms with Crippen molar-refractivity contribution in [3.63, 3.8) is 0 Å². The first-order chi connectivity index (χ1) is 8.58. The summed E-state index contributed by atoms with van der Waals surface area (Å²) < 4.78 is 0. The fourth-order valence-electron chi connectivity index (χ4n) is 2.67. The number of hydrogen-bond acceptors (Lipinski definition) is 2. The Morgan fingerprint density at radius 3 is 2.39 bits per heavy atom. The lowest BCUT2D eigenvalue weighted by Gasteiger charge is -2.34. The molecule has 1 atom stereocenters. The first-order valence-corrected chi connectivity index (χ1v) is 7.57. The lowest BCUT2D eigenvalue weighted by atomic mass is 9.84. The van der Waals surface area contributed by atoms with Crippen molar-refractivity contribution < 1.29 is 4.79 Å². The number of carbonyl (C=O) groups is 1. The maximum atomic E-state index is 12.1. The summed E-state index contributed by atoms with van der Waals surface area (Å²) in [6.45, 7) is 7.02. The Labute approximate surface area is 112 Å². The van der Waals surface area contributed by atoms with Crippen LogP contribution in [0.15, 0.2) is 0 Å². The molecule has 3 heteroatoms. The molecule has 1 N–H and O–H groups in total. The summed E-state index contributed by atoms with van der Waals surface area (Å²) in [5, 5.41) is 3.28. The molecule has 1 aliphatic rings. The van der Waals surface area contributed by atoms with Gasteiger partial charge >= 0.3 is 0 Å². The molecule has 1 rings (SSSR count). The number of nitrogens with one attached hydrogen (secondary N) is 1. The van der Waals surface area contributed by atoms with Crippen LogP contribution in [0.4, 0.5) is 0 Å². The smallest absolute Gasteiger partial charge is 0.236 e. The molecule has 1 saturated carbocycles. The van der Waals surface area contributed by atoms with Crippen LogP contribution >= 0.6 is 0 Å². The molecular formula is C15H30N2O. The fraction of sp³-hybridized carbons (Fsp3) is 0.933. The van der Waals surface area contributed by atoms with Crippen LogP contribution in [0.1, 0.15) is 59.3 Å². The summed E-state index contributed by atoms with van der Waals surface area (Å²) in [6, 6.07) is 0.900. The topological polar surface area (TPSA) is 32.3 Å². The van der Waals surface area contributed by atoms with Gasteiger partial charge in [0.15, 0.2) is 0 Å². The Balaban J connectivity index is 2.31. The van der Waals surface area contributed by atoms with E-state index in [9.17, 15) is 4.79 Å². The monoisotopic (exact) mass is 254 g/mol. The van der Waals surface area contributed by atoms with Gasteiger partial charge in [0.05, 0.1) is 6.54 Å². The van der Waals surface area contributed by atoms with Crippen LogP contribution in [0.3, 0.4) is 0 Å². The molecule has 0 aromatic rings. The third-order valence-corrected chi connectivity index (χ3v) is 4.55. The van der Waals surface area contributed by atoms with Crippen molar-refractivity contribution in [2.45, 2.75) is 71.4 Å². The molecule has 0 saturated heterocycles. The second-order valence-electron chi connectivity index (χ2n) is 5.78.